The number of fused-ring (bicyclic) bond motifs is 1. The van der Waals surface area contributed by atoms with Gasteiger partial charge in [0.1, 0.15) is 0 Å². The van der Waals surface area contributed by atoms with Crippen LogP contribution in [0.25, 0.3) is 0 Å². The lowest BCUT2D eigenvalue weighted by molar-refractivity contribution is 0.0941. The number of rotatable bonds is 5. The van der Waals surface area contributed by atoms with Gasteiger partial charge in [-0.25, -0.2) is 0 Å². The average Bonchev–Trinajstić information content (AvgIpc) is 3.03. The molecule has 1 aliphatic heterocycles. The second kappa shape index (κ2) is 6.71. The third-order valence-corrected chi connectivity index (χ3v) is 3.90. The van der Waals surface area contributed by atoms with Crippen molar-refractivity contribution in [3.05, 3.63) is 59.7 Å². The minimum Gasteiger partial charge on any atom is -0.454 e. The van der Waals surface area contributed by atoms with Crippen LogP contribution in [-0.2, 0) is 0 Å². The molecule has 0 radical (unpaired) electrons. The lowest BCUT2D eigenvalue weighted by Crippen LogP contribution is -2.34. The fourth-order valence-electron chi connectivity index (χ4n) is 2.60. The van der Waals surface area contributed by atoms with Gasteiger partial charge in [0.2, 0.25) is 6.79 Å². The number of nitrogens with one attached hydrogen (secondary N) is 1. The molecule has 120 valence electrons. The molecule has 3 rings (SSSR count). The molecule has 1 heterocycles. The van der Waals surface area contributed by atoms with Crippen LogP contribution in [0.3, 0.4) is 0 Å². The minimum absolute atomic E-state index is 0.119. The Balaban J connectivity index is 1.67. The Morgan fingerprint density at radius 3 is 2.61 bits per heavy atom. The number of nitrogens with zero attached hydrogens (tertiary/aromatic N) is 1. The summed E-state index contributed by atoms with van der Waals surface area (Å²) in [5.41, 5.74) is 1.74. The Morgan fingerprint density at radius 2 is 1.87 bits per heavy atom. The molecule has 5 heteroatoms. The lowest BCUT2D eigenvalue weighted by atomic mass is 10.1. The maximum absolute atomic E-state index is 12.4. The number of likely N-dealkylation sites (N-methyl/N-ethyl adjacent to an activating group) is 1. The standard InChI is InChI=1S/C18H20N2O3/c1-20(2)15(13-6-4-3-5-7-13)11-19-18(21)14-8-9-16-17(10-14)23-12-22-16/h3-10,15H,11-12H2,1-2H3,(H,19,21). The van der Waals surface area contributed by atoms with E-state index in [1.54, 1.807) is 18.2 Å². The first-order chi connectivity index (χ1) is 11.1. The Bertz CT molecular complexity index is 686. The fourth-order valence-corrected chi connectivity index (χ4v) is 2.60. The number of carbonyl (C=O) groups is 1. The molecule has 0 fully saturated rings. The summed E-state index contributed by atoms with van der Waals surface area (Å²) in [4.78, 5) is 14.5. The first kappa shape index (κ1) is 15.4. The van der Waals surface area contributed by atoms with Crippen LogP contribution in [0.2, 0.25) is 0 Å². The number of ether oxygens (including phenoxy) is 2. The second-order valence-electron chi connectivity index (χ2n) is 5.67. The molecule has 2 aromatic rings. The average molecular weight is 312 g/mol. The Kier molecular flexibility index (Phi) is 4.48. The van der Waals surface area contributed by atoms with Crippen molar-refractivity contribution in [2.45, 2.75) is 6.04 Å². The van der Waals surface area contributed by atoms with Gasteiger partial charge in [-0.15, -0.1) is 0 Å². The summed E-state index contributed by atoms with van der Waals surface area (Å²) in [7, 11) is 4.01. The van der Waals surface area contributed by atoms with Gasteiger partial charge in [-0.1, -0.05) is 30.3 Å². The molecule has 0 aliphatic carbocycles. The summed E-state index contributed by atoms with van der Waals surface area (Å²) in [6.45, 7) is 0.738. The molecule has 0 saturated heterocycles. The van der Waals surface area contributed by atoms with Gasteiger partial charge in [0, 0.05) is 12.1 Å². The van der Waals surface area contributed by atoms with Crippen LogP contribution >= 0.6 is 0 Å². The van der Waals surface area contributed by atoms with Crippen LogP contribution in [0, 0.1) is 0 Å². The van der Waals surface area contributed by atoms with Gasteiger partial charge in [0.05, 0.1) is 6.04 Å². The second-order valence-corrected chi connectivity index (χ2v) is 5.67. The van der Waals surface area contributed by atoms with Crippen LogP contribution in [0.4, 0.5) is 0 Å². The summed E-state index contributed by atoms with van der Waals surface area (Å²) >= 11 is 0. The van der Waals surface area contributed by atoms with E-state index in [-0.39, 0.29) is 18.7 Å². The molecule has 0 saturated carbocycles. The van der Waals surface area contributed by atoms with Crippen molar-refractivity contribution in [1.82, 2.24) is 10.2 Å². The molecular weight excluding hydrogens is 292 g/mol. The van der Waals surface area contributed by atoms with Crippen molar-refractivity contribution >= 4 is 5.91 Å². The van der Waals surface area contributed by atoms with Crippen LogP contribution in [0.15, 0.2) is 48.5 Å². The highest BCUT2D eigenvalue weighted by Gasteiger charge is 2.18. The summed E-state index contributed by atoms with van der Waals surface area (Å²) in [5, 5.41) is 2.99. The predicted octanol–water partition coefficient (Wildman–Crippen LogP) is 2.45. The summed E-state index contributed by atoms with van der Waals surface area (Å²) in [6, 6.07) is 15.5. The van der Waals surface area contributed by atoms with E-state index in [9.17, 15) is 4.79 Å². The van der Waals surface area contributed by atoms with Crippen LogP contribution in [0.1, 0.15) is 22.0 Å². The third-order valence-electron chi connectivity index (χ3n) is 3.90. The summed E-state index contributed by atoms with van der Waals surface area (Å²) in [6.07, 6.45) is 0. The Hall–Kier alpha value is -2.53. The SMILES string of the molecule is CN(C)C(CNC(=O)c1ccc2c(c1)OCO2)c1ccccc1. The highest BCUT2D eigenvalue weighted by molar-refractivity contribution is 5.94. The molecule has 5 nitrogen and oxygen atoms in total. The number of amides is 1. The highest BCUT2D eigenvalue weighted by Crippen LogP contribution is 2.32. The van der Waals surface area contributed by atoms with E-state index in [2.05, 4.69) is 22.3 Å². The number of hydrogen-bond acceptors (Lipinski definition) is 4. The van der Waals surface area contributed by atoms with Crippen molar-refractivity contribution in [1.29, 1.82) is 0 Å². The molecule has 23 heavy (non-hydrogen) atoms. The number of carbonyl (C=O) groups excluding carboxylic acids is 1. The topological polar surface area (TPSA) is 50.8 Å². The number of hydrogen-bond donors (Lipinski definition) is 1. The molecule has 1 atom stereocenters. The van der Waals surface area contributed by atoms with Gasteiger partial charge in [0.25, 0.3) is 5.91 Å². The number of benzene rings is 2. The molecule has 0 aromatic heterocycles. The first-order valence-electron chi connectivity index (χ1n) is 7.54. The van der Waals surface area contributed by atoms with Crippen molar-refractivity contribution in [2.75, 3.05) is 27.4 Å². The zero-order valence-electron chi connectivity index (χ0n) is 13.3. The van der Waals surface area contributed by atoms with E-state index >= 15 is 0 Å². The van der Waals surface area contributed by atoms with E-state index in [1.165, 1.54) is 5.56 Å². The highest BCUT2D eigenvalue weighted by atomic mass is 16.7. The molecule has 0 spiro atoms. The normalized spacial score (nSPS) is 13.9. The predicted molar refractivity (Wildman–Crippen MR) is 87.8 cm³/mol. The zero-order valence-corrected chi connectivity index (χ0v) is 13.3. The van der Waals surface area contributed by atoms with Crippen molar-refractivity contribution in [2.24, 2.45) is 0 Å². The van der Waals surface area contributed by atoms with Crippen molar-refractivity contribution in [3.8, 4) is 11.5 Å². The maximum Gasteiger partial charge on any atom is 0.251 e. The first-order valence-corrected chi connectivity index (χ1v) is 7.54. The van der Waals surface area contributed by atoms with Gasteiger partial charge in [0.15, 0.2) is 11.5 Å². The van der Waals surface area contributed by atoms with Crippen LogP contribution in [-0.4, -0.2) is 38.2 Å². The van der Waals surface area contributed by atoms with E-state index < -0.39 is 0 Å². The van der Waals surface area contributed by atoms with Gasteiger partial charge in [-0.05, 0) is 37.9 Å². The lowest BCUT2D eigenvalue weighted by Gasteiger charge is -2.25. The quantitative estimate of drug-likeness (QED) is 0.921. The van der Waals surface area contributed by atoms with Gasteiger partial charge < -0.3 is 19.7 Å². The fraction of sp³-hybridized carbons (Fsp3) is 0.278. The Morgan fingerprint density at radius 1 is 1.13 bits per heavy atom. The van der Waals surface area contributed by atoms with Crippen LogP contribution < -0.4 is 14.8 Å². The minimum atomic E-state index is -0.119. The monoisotopic (exact) mass is 312 g/mol. The van der Waals surface area contributed by atoms with E-state index in [0.29, 0.717) is 23.6 Å². The molecule has 1 aliphatic rings. The van der Waals surface area contributed by atoms with E-state index in [0.717, 1.165) is 0 Å². The molecular formula is C18H20N2O3. The third kappa shape index (κ3) is 3.46. The van der Waals surface area contributed by atoms with Crippen LogP contribution in [0.5, 0.6) is 11.5 Å². The molecule has 1 N–H and O–H groups in total. The molecule has 0 bridgehead atoms. The van der Waals surface area contributed by atoms with Gasteiger partial charge >= 0.3 is 0 Å². The smallest absolute Gasteiger partial charge is 0.251 e. The summed E-state index contributed by atoms with van der Waals surface area (Å²) < 4.78 is 10.6. The largest absolute Gasteiger partial charge is 0.454 e. The van der Waals surface area contributed by atoms with Crippen molar-refractivity contribution in [3.63, 3.8) is 0 Å². The van der Waals surface area contributed by atoms with E-state index in [1.807, 2.05) is 32.3 Å². The molecule has 1 amide bonds. The van der Waals surface area contributed by atoms with Crippen molar-refractivity contribution < 1.29 is 14.3 Å². The molecule has 1 unspecified atom stereocenters. The summed E-state index contributed by atoms with van der Waals surface area (Å²) in [5.74, 6) is 1.17. The maximum atomic E-state index is 12.4. The zero-order chi connectivity index (χ0) is 16.2. The molecule has 2 aromatic carbocycles. The van der Waals surface area contributed by atoms with E-state index in [4.69, 9.17) is 9.47 Å². The Labute approximate surface area is 135 Å². The van der Waals surface area contributed by atoms with Gasteiger partial charge in [-0.2, -0.15) is 0 Å². The van der Waals surface area contributed by atoms with Gasteiger partial charge in [-0.3, -0.25) is 4.79 Å².